The molecule has 0 spiro atoms. The Morgan fingerprint density at radius 1 is 1.11 bits per heavy atom. The van der Waals surface area contributed by atoms with Crippen LogP contribution in [0.1, 0.15) is 26.3 Å². The Bertz CT molecular complexity index is 974. The summed E-state index contributed by atoms with van der Waals surface area (Å²) < 4.78 is 20.7. The van der Waals surface area contributed by atoms with E-state index in [0.717, 1.165) is 0 Å². The van der Waals surface area contributed by atoms with Gasteiger partial charge in [0.25, 0.3) is 0 Å². The van der Waals surface area contributed by atoms with E-state index >= 15 is 0 Å². The molecule has 0 bridgehead atoms. The number of phenols is 2. The maximum atomic E-state index is 12.6. The van der Waals surface area contributed by atoms with Crippen LogP contribution >= 0.6 is 0 Å². The molecule has 0 saturated carbocycles. The van der Waals surface area contributed by atoms with Crippen molar-refractivity contribution in [3.63, 3.8) is 0 Å². The summed E-state index contributed by atoms with van der Waals surface area (Å²) in [6, 6.07) is 5.50. The fourth-order valence-corrected chi connectivity index (χ4v) is 2.67. The number of methoxy groups -OCH3 is 3. The van der Waals surface area contributed by atoms with Gasteiger partial charge in [0.1, 0.15) is 11.5 Å². The number of phenolic OH excluding ortho intramolecular Hbond substituents is 2. The molecule has 1 heterocycles. The SMILES string of the molecule is COC(=O)c1cc(OC)cc(OC)c1/C=C1/Oc2c(ccc(O)c2O)C1=O. The van der Waals surface area contributed by atoms with E-state index in [1.807, 2.05) is 0 Å². The third-order valence-corrected chi connectivity index (χ3v) is 4.04. The number of fused-ring (bicyclic) bond motifs is 1. The minimum absolute atomic E-state index is 0.0867. The average molecular weight is 372 g/mol. The van der Waals surface area contributed by atoms with Crippen molar-refractivity contribution in [2.24, 2.45) is 0 Å². The van der Waals surface area contributed by atoms with Crippen LogP contribution in [0.15, 0.2) is 30.0 Å². The second-order valence-electron chi connectivity index (χ2n) is 5.53. The number of carbonyl (C=O) groups excluding carboxylic acids is 2. The Morgan fingerprint density at radius 2 is 1.85 bits per heavy atom. The van der Waals surface area contributed by atoms with Gasteiger partial charge < -0.3 is 29.2 Å². The standard InChI is InChI=1S/C19H16O8/c1-24-9-6-12(19(23)26-3)11(14(7-9)25-2)8-15-16(21)10-4-5-13(20)17(22)18(10)27-15/h4-8,20,22H,1-3H3/b15-8+. The molecule has 3 rings (SSSR count). The Hall–Kier alpha value is -3.68. The summed E-state index contributed by atoms with van der Waals surface area (Å²) in [6.45, 7) is 0. The largest absolute Gasteiger partial charge is 0.504 e. The lowest BCUT2D eigenvalue weighted by atomic mass is 10.0. The van der Waals surface area contributed by atoms with Gasteiger partial charge in [-0.2, -0.15) is 0 Å². The molecule has 1 aliphatic rings. The number of ether oxygens (including phenoxy) is 4. The number of ketones is 1. The van der Waals surface area contributed by atoms with E-state index in [1.165, 1.54) is 51.7 Å². The summed E-state index contributed by atoms with van der Waals surface area (Å²) in [5.41, 5.74) is 0.425. The van der Waals surface area contributed by atoms with Crippen LogP contribution in [-0.2, 0) is 4.74 Å². The highest BCUT2D eigenvalue weighted by Crippen LogP contribution is 2.44. The fraction of sp³-hybridized carbons (Fsp3) is 0.158. The third kappa shape index (κ3) is 3.01. The molecule has 0 aromatic heterocycles. The smallest absolute Gasteiger partial charge is 0.338 e. The van der Waals surface area contributed by atoms with Gasteiger partial charge in [0, 0.05) is 11.6 Å². The molecule has 0 saturated heterocycles. The van der Waals surface area contributed by atoms with Gasteiger partial charge in [0.15, 0.2) is 17.3 Å². The van der Waals surface area contributed by atoms with E-state index in [4.69, 9.17) is 18.9 Å². The number of allylic oxidation sites excluding steroid dienone is 1. The molecule has 8 heteroatoms. The first-order valence-corrected chi connectivity index (χ1v) is 7.74. The first-order chi connectivity index (χ1) is 12.9. The summed E-state index contributed by atoms with van der Waals surface area (Å²) in [5, 5.41) is 19.5. The number of benzene rings is 2. The third-order valence-electron chi connectivity index (χ3n) is 4.04. The number of carbonyl (C=O) groups is 2. The topological polar surface area (TPSA) is 112 Å². The average Bonchev–Trinajstić information content (AvgIpc) is 3.00. The summed E-state index contributed by atoms with van der Waals surface area (Å²) in [5.74, 6) is -1.84. The van der Waals surface area contributed by atoms with Crippen LogP contribution in [0.4, 0.5) is 0 Å². The van der Waals surface area contributed by atoms with Crippen LogP contribution in [0.2, 0.25) is 0 Å². The van der Waals surface area contributed by atoms with Gasteiger partial charge in [-0.05, 0) is 24.3 Å². The zero-order valence-corrected chi connectivity index (χ0v) is 14.7. The number of hydrogen-bond donors (Lipinski definition) is 2. The normalized spacial score (nSPS) is 13.9. The molecule has 0 unspecified atom stereocenters. The molecule has 2 aromatic rings. The first kappa shape index (κ1) is 18.1. The van der Waals surface area contributed by atoms with Gasteiger partial charge in [-0.15, -0.1) is 0 Å². The summed E-state index contributed by atoms with van der Waals surface area (Å²) >= 11 is 0. The number of hydrogen-bond acceptors (Lipinski definition) is 8. The van der Waals surface area contributed by atoms with Gasteiger partial charge in [-0.3, -0.25) is 4.79 Å². The van der Waals surface area contributed by atoms with Crippen molar-refractivity contribution < 1.29 is 38.7 Å². The van der Waals surface area contributed by atoms with Crippen molar-refractivity contribution in [1.82, 2.24) is 0 Å². The summed E-state index contributed by atoms with van der Waals surface area (Å²) in [7, 11) is 4.05. The number of rotatable bonds is 4. The monoisotopic (exact) mass is 372 g/mol. The predicted molar refractivity (Wildman–Crippen MR) is 93.6 cm³/mol. The maximum Gasteiger partial charge on any atom is 0.338 e. The predicted octanol–water partition coefficient (Wildman–Crippen LogP) is 2.52. The van der Waals surface area contributed by atoms with Gasteiger partial charge >= 0.3 is 5.97 Å². The van der Waals surface area contributed by atoms with E-state index in [1.54, 1.807) is 0 Å². The highest BCUT2D eigenvalue weighted by molar-refractivity contribution is 6.15. The molecule has 0 aliphatic carbocycles. The second-order valence-corrected chi connectivity index (χ2v) is 5.53. The minimum atomic E-state index is -0.664. The Balaban J connectivity index is 2.16. The van der Waals surface area contributed by atoms with Gasteiger partial charge in [-0.1, -0.05) is 0 Å². The molecule has 0 atom stereocenters. The van der Waals surface area contributed by atoms with Gasteiger partial charge in [0.2, 0.25) is 11.5 Å². The number of Topliss-reactive ketones (excluding diaryl/α,β-unsaturated/α-hetero) is 1. The Kier molecular flexibility index (Phi) is 4.64. The lowest BCUT2D eigenvalue weighted by molar-refractivity contribution is 0.0599. The van der Waals surface area contributed by atoms with E-state index in [0.29, 0.717) is 5.75 Å². The summed E-state index contributed by atoms with van der Waals surface area (Å²) in [6.07, 6.45) is 1.31. The molecule has 2 N–H and O–H groups in total. The molecular weight excluding hydrogens is 356 g/mol. The van der Waals surface area contributed by atoms with Crippen LogP contribution in [0.5, 0.6) is 28.7 Å². The molecule has 27 heavy (non-hydrogen) atoms. The molecule has 1 aliphatic heterocycles. The van der Waals surface area contributed by atoms with E-state index < -0.39 is 23.3 Å². The van der Waals surface area contributed by atoms with Crippen LogP contribution < -0.4 is 14.2 Å². The molecule has 140 valence electrons. The van der Waals surface area contributed by atoms with Crippen LogP contribution in [-0.4, -0.2) is 43.3 Å². The van der Waals surface area contributed by atoms with Crippen LogP contribution in [0.25, 0.3) is 6.08 Å². The maximum absolute atomic E-state index is 12.6. The summed E-state index contributed by atoms with van der Waals surface area (Å²) in [4.78, 5) is 24.8. The zero-order chi connectivity index (χ0) is 19.7. The quantitative estimate of drug-likeness (QED) is 0.478. The van der Waals surface area contributed by atoms with Crippen molar-refractivity contribution in [2.75, 3.05) is 21.3 Å². The number of aromatic hydroxyl groups is 2. The molecule has 2 aromatic carbocycles. The molecule has 8 nitrogen and oxygen atoms in total. The number of esters is 1. The highest BCUT2D eigenvalue weighted by Gasteiger charge is 2.32. The molecule has 0 fully saturated rings. The second kappa shape index (κ2) is 6.91. The van der Waals surface area contributed by atoms with E-state index in [2.05, 4.69) is 0 Å². The van der Waals surface area contributed by atoms with Crippen molar-refractivity contribution in [2.45, 2.75) is 0 Å². The van der Waals surface area contributed by atoms with Crippen molar-refractivity contribution in [3.8, 4) is 28.7 Å². The molecule has 0 amide bonds. The lowest BCUT2D eigenvalue weighted by Crippen LogP contribution is -2.07. The Labute approximate surface area is 154 Å². The van der Waals surface area contributed by atoms with Crippen LogP contribution in [0, 0.1) is 0 Å². The lowest BCUT2D eigenvalue weighted by Gasteiger charge is -2.12. The fourth-order valence-electron chi connectivity index (χ4n) is 2.67. The van der Waals surface area contributed by atoms with Crippen molar-refractivity contribution in [3.05, 3.63) is 46.7 Å². The van der Waals surface area contributed by atoms with Gasteiger partial charge in [-0.25, -0.2) is 4.79 Å². The van der Waals surface area contributed by atoms with E-state index in [-0.39, 0.29) is 33.9 Å². The van der Waals surface area contributed by atoms with E-state index in [9.17, 15) is 19.8 Å². The minimum Gasteiger partial charge on any atom is -0.504 e. The van der Waals surface area contributed by atoms with Crippen molar-refractivity contribution >= 4 is 17.8 Å². The van der Waals surface area contributed by atoms with Gasteiger partial charge in [0.05, 0.1) is 32.5 Å². The zero-order valence-electron chi connectivity index (χ0n) is 14.7. The Morgan fingerprint density at radius 3 is 2.48 bits per heavy atom. The molecule has 0 radical (unpaired) electrons. The molecular formula is C19H16O8. The first-order valence-electron chi connectivity index (χ1n) is 7.74. The highest BCUT2D eigenvalue weighted by atomic mass is 16.5. The van der Waals surface area contributed by atoms with Crippen molar-refractivity contribution in [1.29, 1.82) is 0 Å². The van der Waals surface area contributed by atoms with Crippen LogP contribution in [0.3, 0.4) is 0 Å².